The average Bonchev–Trinajstić information content (AvgIpc) is 3.02. The van der Waals surface area contributed by atoms with Gasteiger partial charge in [-0.1, -0.05) is 140 Å². The molecule has 0 radical (unpaired) electrons. The Bertz CT molecular complexity index is 1610. The highest BCUT2D eigenvalue weighted by atomic mass is 32.2. The lowest BCUT2D eigenvalue weighted by Gasteiger charge is -2.37. The number of halogens is 2. The molecule has 8 heteroatoms. The molecule has 1 N–H and O–H groups in total. The van der Waals surface area contributed by atoms with Gasteiger partial charge in [-0.25, -0.2) is 8.42 Å². The van der Waals surface area contributed by atoms with E-state index in [9.17, 15) is 13.2 Å². The van der Waals surface area contributed by atoms with Gasteiger partial charge in [0.25, 0.3) is 0 Å². The van der Waals surface area contributed by atoms with E-state index in [-0.39, 0.29) is 10.5 Å². The Balaban J connectivity index is 1.76. The van der Waals surface area contributed by atoms with Gasteiger partial charge in [0.15, 0.2) is 5.41 Å². The predicted molar refractivity (Wildman–Crippen MR) is 160 cm³/mol. The largest absolute Gasteiger partial charge is 0.321 e. The molecule has 0 heterocycles. The first-order valence-corrected chi connectivity index (χ1v) is 16.5. The molecule has 41 heavy (non-hydrogen) atoms. The van der Waals surface area contributed by atoms with E-state index in [1.54, 1.807) is 103 Å². The molecule has 0 aliphatic rings. The maximum atomic E-state index is 17.1. The van der Waals surface area contributed by atoms with Crippen molar-refractivity contribution in [1.82, 2.24) is 4.72 Å². The molecule has 5 aromatic rings. The van der Waals surface area contributed by atoms with E-state index in [0.717, 1.165) is 0 Å². The molecule has 206 valence electrons. The molecule has 1 unspecified atom stereocenters. The van der Waals surface area contributed by atoms with Crippen molar-refractivity contribution in [3.63, 3.8) is 0 Å². The van der Waals surface area contributed by atoms with Gasteiger partial charge in [-0.05, 0) is 33.3 Å². The zero-order valence-corrected chi connectivity index (χ0v) is 23.7. The van der Waals surface area contributed by atoms with E-state index in [1.807, 2.05) is 0 Å². The Morgan fingerprint density at radius 1 is 0.585 bits per heavy atom. The minimum Gasteiger partial charge on any atom is -0.297 e. The maximum absolute atomic E-state index is 17.1. The van der Waals surface area contributed by atoms with Crippen LogP contribution < -0.4 is 20.3 Å². The second-order valence-corrected chi connectivity index (χ2v) is 15.0. The predicted octanol–water partition coefficient (Wildman–Crippen LogP) is 4.62. The Labute approximate surface area is 239 Å². The number of sulfonamides is 1. The summed E-state index contributed by atoms with van der Waals surface area (Å²) in [6.45, 7) is 0. The fourth-order valence-corrected chi connectivity index (χ4v) is 10.9. The minimum atomic E-state index is -4.43. The van der Waals surface area contributed by atoms with Crippen LogP contribution in [0.2, 0.25) is 0 Å². The third kappa shape index (κ3) is 5.41. The Morgan fingerprint density at radius 3 is 1.32 bits per heavy atom. The average molecular weight is 584 g/mol. The Morgan fingerprint density at radius 2 is 0.927 bits per heavy atom. The number of hydrogen-bond donors (Lipinski definition) is 1. The van der Waals surface area contributed by atoms with Crippen LogP contribution in [0.15, 0.2) is 157 Å². The lowest BCUT2D eigenvalue weighted by atomic mass is 10.0. The SMILES string of the molecule is O=C(C(F)(F)C(NS(=O)(=O)c1ccccc1)c1ccccc1)[Si](c1ccccc1)(c1ccccc1)c1ccccc1. The number of hydrogen-bond acceptors (Lipinski definition) is 3. The van der Waals surface area contributed by atoms with Gasteiger partial charge < -0.3 is 0 Å². The van der Waals surface area contributed by atoms with Gasteiger partial charge in [-0.3, -0.25) is 4.79 Å². The lowest BCUT2D eigenvalue weighted by Crippen LogP contribution is -2.76. The van der Waals surface area contributed by atoms with Gasteiger partial charge in [-0.2, -0.15) is 13.5 Å². The van der Waals surface area contributed by atoms with Gasteiger partial charge >= 0.3 is 5.92 Å². The van der Waals surface area contributed by atoms with Gasteiger partial charge in [0, 0.05) is 0 Å². The molecule has 0 aliphatic heterocycles. The summed E-state index contributed by atoms with van der Waals surface area (Å²) in [5, 5.41) is 0.0950. The third-order valence-corrected chi connectivity index (χ3v) is 13.1. The smallest absolute Gasteiger partial charge is 0.297 e. The minimum absolute atomic E-state index is 0.0255. The summed E-state index contributed by atoms with van der Waals surface area (Å²) in [4.78, 5) is 14.6. The van der Waals surface area contributed by atoms with Crippen LogP contribution in [0.5, 0.6) is 0 Å². The number of alkyl halides is 2. The van der Waals surface area contributed by atoms with Crippen LogP contribution in [0.3, 0.4) is 0 Å². The van der Waals surface area contributed by atoms with Gasteiger partial charge in [0.05, 0.1) is 4.90 Å². The number of rotatable bonds is 10. The Kier molecular flexibility index (Phi) is 8.07. The summed E-state index contributed by atoms with van der Waals surface area (Å²) in [6, 6.07) is 38.5. The molecule has 0 aromatic heterocycles. The van der Waals surface area contributed by atoms with Gasteiger partial charge in [0.2, 0.25) is 18.1 Å². The molecule has 0 saturated heterocycles. The van der Waals surface area contributed by atoms with E-state index in [1.165, 1.54) is 48.5 Å². The summed E-state index contributed by atoms with van der Waals surface area (Å²) < 4.78 is 63.2. The van der Waals surface area contributed by atoms with Crippen molar-refractivity contribution in [2.75, 3.05) is 0 Å². The molecule has 0 bridgehead atoms. The zero-order valence-electron chi connectivity index (χ0n) is 21.9. The lowest BCUT2D eigenvalue weighted by molar-refractivity contribution is -0.138. The molecule has 0 aliphatic carbocycles. The third-order valence-electron chi connectivity index (χ3n) is 7.09. The normalized spacial score (nSPS) is 12.9. The van der Waals surface area contributed by atoms with E-state index in [2.05, 4.69) is 4.72 Å². The molecule has 5 rings (SSSR count). The van der Waals surface area contributed by atoms with E-state index in [4.69, 9.17) is 0 Å². The summed E-state index contributed by atoms with van der Waals surface area (Å²) in [5.41, 5.74) is -0.0255. The van der Waals surface area contributed by atoms with Crippen molar-refractivity contribution >= 4 is 39.1 Å². The first-order valence-electron chi connectivity index (χ1n) is 13.0. The van der Waals surface area contributed by atoms with Crippen LogP contribution in [0.1, 0.15) is 11.6 Å². The van der Waals surface area contributed by atoms with Crippen molar-refractivity contribution < 1.29 is 22.0 Å². The van der Waals surface area contributed by atoms with Crippen LogP contribution in [0.25, 0.3) is 0 Å². The summed E-state index contributed by atoms with van der Waals surface area (Å²) in [7, 11) is -8.57. The Hall–Kier alpha value is -4.24. The van der Waals surface area contributed by atoms with Crippen molar-refractivity contribution in [3.8, 4) is 0 Å². The molecule has 0 spiro atoms. The van der Waals surface area contributed by atoms with E-state index >= 15 is 8.78 Å². The standard InChI is InChI=1S/C33H27F2NO3SSi/c34-33(35,31(26-16-6-1-7-17-26)36-40(38,39)27-18-8-2-9-19-27)32(37)41(28-20-10-3-11-21-28,29-22-12-4-13-23-29)30-24-14-5-15-25-30/h1-25,31,36H. The van der Waals surface area contributed by atoms with Crippen LogP contribution in [-0.2, 0) is 14.8 Å². The zero-order chi connectivity index (χ0) is 28.9. The van der Waals surface area contributed by atoms with Gasteiger partial charge in [-0.15, -0.1) is 0 Å². The fourth-order valence-electron chi connectivity index (χ4n) is 5.16. The molecular formula is C33H27F2NO3SSi. The van der Waals surface area contributed by atoms with Crippen molar-refractivity contribution in [2.45, 2.75) is 16.9 Å². The van der Waals surface area contributed by atoms with Crippen molar-refractivity contribution in [3.05, 3.63) is 157 Å². The monoisotopic (exact) mass is 583 g/mol. The molecule has 0 saturated carbocycles. The summed E-state index contributed by atoms with van der Waals surface area (Å²) in [5.74, 6) is -4.16. The number of nitrogens with one attached hydrogen (secondary N) is 1. The quantitative estimate of drug-likeness (QED) is 0.193. The summed E-state index contributed by atoms with van der Waals surface area (Å²) >= 11 is 0. The van der Waals surface area contributed by atoms with Crippen LogP contribution in [0, 0.1) is 0 Å². The molecule has 0 fully saturated rings. The summed E-state index contributed by atoms with van der Waals surface area (Å²) in [6.07, 6.45) is 0. The number of benzene rings is 5. The van der Waals surface area contributed by atoms with Crippen LogP contribution >= 0.6 is 0 Å². The highest BCUT2D eigenvalue weighted by Crippen LogP contribution is 2.36. The first-order chi connectivity index (χ1) is 19.8. The molecule has 4 nitrogen and oxygen atoms in total. The maximum Gasteiger partial charge on any atom is 0.321 e. The van der Waals surface area contributed by atoms with E-state index < -0.39 is 35.5 Å². The second kappa shape index (κ2) is 11.7. The highest BCUT2D eigenvalue weighted by Gasteiger charge is 2.61. The second-order valence-electron chi connectivity index (χ2n) is 9.58. The fraction of sp³-hybridized carbons (Fsp3) is 0.0606. The molecular weight excluding hydrogens is 557 g/mol. The topological polar surface area (TPSA) is 63.2 Å². The van der Waals surface area contributed by atoms with Crippen LogP contribution in [-0.4, -0.2) is 27.8 Å². The molecule has 0 amide bonds. The number of carbonyl (C=O) groups is 1. The van der Waals surface area contributed by atoms with Crippen molar-refractivity contribution in [2.24, 2.45) is 0 Å². The van der Waals surface area contributed by atoms with Crippen molar-refractivity contribution in [1.29, 1.82) is 0 Å². The highest BCUT2D eigenvalue weighted by molar-refractivity contribution is 7.89. The van der Waals surface area contributed by atoms with Crippen LogP contribution in [0.4, 0.5) is 8.78 Å². The molecule has 1 atom stereocenters. The molecule has 5 aromatic carbocycles. The first kappa shape index (κ1) is 28.3. The van der Waals surface area contributed by atoms with E-state index in [0.29, 0.717) is 15.6 Å². The number of carbonyl (C=O) groups excluding carboxylic acids is 1. The van der Waals surface area contributed by atoms with Gasteiger partial charge in [0.1, 0.15) is 6.04 Å².